The smallest absolute Gasteiger partial charge is 0.0554 e. The van der Waals surface area contributed by atoms with Gasteiger partial charge in [-0.15, -0.1) is 0 Å². The number of aryl methyl sites for hydroxylation is 1. The lowest BCUT2D eigenvalue weighted by Crippen LogP contribution is -2.29. The number of anilines is 1. The molecule has 1 heterocycles. The van der Waals surface area contributed by atoms with Crippen LogP contribution in [-0.4, -0.2) is 0 Å². The van der Waals surface area contributed by atoms with Crippen molar-refractivity contribution in [1.82, 2.24) is 0 Å². The first kappa shape index (κ1) is 14.3. The van der Waals surface area contributed by atoms with E-state index in [2.05, 4.69) is 70.7 Å². The first-order valence-corrected chi connectivity index (χ1v) is 8.79. The van der Waals surface area contributed by atoms with Crippen molar-refractivity contribution in [3.05, 3.63) is 74.7 Å². The summed E-state index contributed by atoms with van der Waals surface area (Å²) >= 11 is 9.81. The van der Waals surface area contributed by atoms with Gasteiger partial charge in [0.05, 0.1) is 6.04 Å². The SMILES string of the molecule is Cc1cc(Cl)cc2c1N[C@H](c1ccc(Br)cc1)[C@H]1CC=C[C@H]21. The van der Waals surface area contributed by atoms with Gasteiger partial charge >= 0.3 is 0 Å². The lowest BCUT2D eigenvalue weighted by molar-refractivity contribution is 0.425. The molecule has 0 spiro atoms. The molecular formula is C19H17BrClN. The maximum absolute atomic E-state index is 6.29. The lowest BCUT2D eigenvalue weighted by atomic mass is 9.76. The highest BCUT2D eigenvalue weighted by atomic mass is 79.9. The highest BCUT2D eigenvalue weighted by Crippen LogP contribution is 2.51. The highest BCUT2D eigenvalue weighted by molar-refractivity contribution is 9.10. The summed E-state index contributed by atoms with van der Waals surface area (Å²) in [5, 5.41) is 4.62. The first-order valence-electron chi connectivity index (χ1n) is 7.62. The van der Waals surface area contributed by atoms with E-state index in [1.54, 1.807) is 0 Å². The van der Waals surface area contributed by atoms with Crippen molar-refractivity contribution < 1.29 is 0 Å². The van der Waals surface area contributed by atoms with Crippen LogP contribution in [0.15, 0.2) is 53.0 Å². The van der Waals surface area contributed by atoms with Crippen LogP contribution in [-0.2, 0) is 0 Å². The van der Waals surface area contributed by atoms with Gasteiger partial charge in [0, 0.05) is 21.1 Å². The quantitative estimate of drug-likeness (QED) is 0.583. The number of rotatable bonds is 1. The fourth-order valence-corrected chi connectivity index (χ4v) is 4.39. The Bertz CT molecular complexity index is 751. The van der Waals surface area contributed by atoms with Crippen LogP contribution in [0.1, 0.15) is 35.1 Å². The molecule has 1 aliphatic carbocycles. The second-order valence-corrected chi connectivity index (χ2v) is 7.57. The van der Waals surface area contributed by atoms with Crippen molar-refractivity contribution in [2.75, 3.05) is 5.32 Å². The Hall–Kier alpha value is -1.25. The number of allylic oxidation sites excluding steroid dienone is 2. The number of nitrogens with one attached hydrogen (secondary N) is 1. The van der Waals surface area contributed by atoms with E-state index >= 15 is 0 Å². The van der Waals surface area contributed by atoms with Crippen LogP contribution in [0.3, 0.4) is 0 Å². The van der Waals surface area contributed by atoms with E-state index in [4.69, 9.17) is 11.6 Å². The number of fused-ring (bicyclic) bond motifs is 3. The monoisotopic (exact) mass is 373 g/mol. The zero-order chi connectivity index (χ0) is 15.3. The molecule has 1 N–H and O–H groups in total. The summed E-state index contributed by atoms with van der Waals surface area (Å²) in [5.74, 6) is 1.02. The average Bonchev–Trinajstić information content (AvgIpc) is 2.97. The Labute approximate surface area is 144 Å². The number of halogens is 2. The van der Waals surface area contributed by atoms with E-state index in [1.807, 2.05) is 6.07 Å². The van der Waals surface area contributed by atoms with Gasteiger partial charge in [-0.2, -0.15) is 0 Å². The van der Waals surface area contributed by atoms with Gasteiger partial charge in [-0.05, 0) is 60.2 Å². The molecule has 3 atom stereocenters. The van der Waals surface area contributed by atoms with E-state index in [1.165, 1.54) is 22.4 Å². The highest BCUT2D eigenvalue weighted by Gasteiger charge is 2.38. The van der Waals surface area contributed by atoms with Crippen LogP contribution in [0, 0.1) is 12.8 Å². The third kappa shape index (κ3) is 2.29. The zero-order valence-electron chi connectivity index (χ0n) is 12.3. The van der Waals surface area contributed by atoms with Gasteiger partial charge in [-0.25, -0.2) is 0 Å². The third-order valence-corrected chi connectivity index (χ3v) is 5.61. The minimum absolute atomic E-state index is 0.348. The lowest BCUT2D eigenvalue weighted by Gasteiger charge is -2.38. The molecule has 0 amide bonds. The molecule has 1 nitrogen and oxygen atoms in total. The standard InChI is InChI=1S/C19H17BrClN/c1-11-9-14(21)10-17-15-3-2-4-16(15)19(22-18(11)17)12-5-7-13(20)8-6-12/h2-3,5-10,15-16,19,22H,4H2,1H3/t15-,16-,19+/m0/s1. The normalized spacial score (nSPS) is 25.5. The summed E-state index contributed by atoms with van der Waals surface area (Å²) in [7, 11) is 0. The van der Waals surface area contributed by atoms with E-state index < -0.39 is 0 Å². The summed E-state index contributed by atoms with van der Waals surface area (Å²) in [4.78, 5) is 0. The third-order valence-electron chi connectivity index (χ3n) is 4.86. The molecule has 2 aromatic rings. The Morgan fingerprint density at radius 3 is 2.73 bits per heavy atom. The molecule has 0 fully saturated rings. The fourth-order valence-electron chi connectivity index (χ4n) is 3.84. The molecule has 3 heteroatoms. The Morgan fingerprint density at radius 1 is 1.18 bits per heavy atom. The summed E-state index contributed by atoms with van der Waals surface area (Å²) in [6, 6.07) is 13.2. The van der Waals surface area contributed by atoms with Gasteiger partial charge in [-0.1, -0.05) is 51.8 Å². The largest absolute Gasteiger partial charge is 0.377 e. The Kier molecular flexibility index (Phi) is 3.54. The molecule has 1 aliphatic heterocycles. The van der Waals surface area contributed by atoms with Gasteiger partial charge < -0.3 is 5.32 Å². The summed E-state index contributed by atoms with van der Waals surface area (Å²) < 4.78 is 1.12. The van der Waals surface area contributed by atoms with Crippen molar-refractivity contribution in [2.45, 2.75) is 25.3 Å². The first-order chi connectivity index (χ1) is 10.6. The van der Waals surface area contributed by atoms with Gasteiger partial charge in [0.25, 0.3) is 0 Å². The number of benzene rings is 2. The van der Waals surface area contributed by atoms with Gasteiger partial charge in [0.2, 0.25) is 0 Å². The second kappa shape index (κ2) is 5.43. The van der Waals surface area contributed by atoms with Crippen molar-refractivity contribution in [1.29, 1.82) is 0 Å². The maximum atomic E-state index is 6.29. The molecule has 2 aliphatic rings. The summed E-state index contributed by atoms with van der Waals surface area (Å²) in [5.41, 5.74) is 5.17. The van der Waals surface area contributed by atoms with Crippen LogP contribution < -0.4 is 5.32 Å². The van der Waals surface area contributed by atoms with Gasteiger partial charge in [-0.3, -0.25) is 0 Å². The fraction of sp³-hybridized carbons (Fsp3) is 0.263. The average molecular weight is 375 g/mol. The maximum Gasteiger partial charge on any atom is 0.0554 e. The summed E-state index contributed by atoms with van der Waals surface area (Å²) in [6.45, 7) is 2.13. The molecule has 4 rings (SSSR count). The van der Waals surface area contributed by atoms with Gasteiger partial charge in [0.1, 0.15) is 0 Å². The number of hydrogen-bond donors (Lipinski definition) is 1. The zero-order valence-corrected chi connectivity index (χ0v) is 14.7. The van der Waals surface area contributed by atoms with E-state index in [0.29, 0.717) is 17.9 Å². The molecule has 0 radical (unpaired) electrons. The molecule has 0 saturated heterocycles. The van der Waals surface area contributed by atoms with E-state index in [0.717, 1.165) is 15.9 Å². The molecule has 0 bridgehead atoms. The molecule has 0 unspecified atom stereocenters. The minimum atomic E-state index is 0.348. The predicted molar refractivity (Wildman–Crippen MR) is 96.7 cm³/mol. The number of hydrogen-bond acceptors (Lipinski definition) is 1. The van der Waals surface area contributed by atoms with Crippen molar-refractivity contribution in [2.24, 2.45) is 5.92 Å². The molecule has 2 aromatic carbocycles. The second-order valence-electron chi connectivity index (χ2n) is 6.21. The van der Waals surface area contributed by atoms with Crippen LogP contribution in [0.4, 0.5) is 5.69 Å². The van der Waals surface area contributed by atoms with Crippen molar-refractivity contribution in [3.63, 3.8) is 0 Å². The van der Waals surface area contributed by atoms with E-state index in [9.17, 15) is 0 Å². The molecule has 0 aromatic heterocycles. The van der Waals surface area contributed by atoms with Crippen molar-refractivity contribution in [3.8, 4) is 0 Å². The van der Waals surface area contributed by atoms with Crippen molar-refractivity contribution >= 4 is 33.2 Å². The molecule has 112 valence electrons. The Morgan fingerprint density at radius 2 is 1.95 bits per heavy atom. The molecular weight excluding hydrogens is 358 g/mol. The predicted octanol–water partition coefficient (Wildman–Crippen LogP) is 6.24. The molecule has 0 saturated carbocycles. The summed E-state index contributed by atoms with van der Waals surface area (Å²) in [6.07, 6.45) is 5.78. The van der Waals surface area contributed by atoms with Crippen LogP contribution in [0.2, 0.25) is 5.02 Å². The van der Waals surface area contributed by atoms with Crippen LogP contribution in [0.25, 0.3) is 0 Å². The van der Waals surface area contributed by atoms with Crippen LogP contribution in [0.5, 0.6) is 0 Å². The molecule has 22 heavy (non-hydrogen) atoms. The minimum Gasteiger partial charge on any atom is -0.377 e. The van der Waals surface area contributed by atoms with Crippen LogP contribution >= 0.6 is 27.5 Å². The topological polar surface area (TPSA) is 12.0 Å². The van der Waals surface area contributed by atoms with Gasteiger partial charge in [0.15, 0.2) is 0 Å². The Balaban J connectivity index is 1.82. The van der Waals surface area contributed by atoms with E-state index in [-0.39, 0.29) is 0 Å².